The number of fused-ring (bicyclic) bond motifs is 1. The molecule has 0 fully saturated rings. The fourth-order valence-electron chi connectivity index (χ4n) is 1.97. The molecular formula is C12H17NO. The zero-order valence-corrected chi connectivity index (χ0v) is 8.57. The van der Waals surface area contributed by atoms with Crippen LogP contribution in [-0.4, -0.2) is 12.1 Å². The first-order valence-electron chi connectivity index (χ1n) is 5.31. The van der Waals surface area contributed by atoms with Crippen molar-refractivity contribution in [3.63, 3.8) is 0 Å². The molecule has 1 aromatic rings. The van der Waals surface area contributed by atoms with Crippen LogP contribution in [-0.2, 0) is 6.42 Å². The largest absolute Gasteiger partial charge is 0.488 e. The van der Waals surface area contributed by atoms with Crippen molar-refractivity contribution < 1.29 is 4.74 Å². The summed E-state index contributed by atoms with van der Waals surface area (Å²) in [5.41, 5.74) is 7.34. The van der Waals surface area contributed by atoms with Crippen LogP contribution < -0.4 is 10.5 Å². The lowest BCUT2D eigenvalue weighted by atomic mass is 10.0. The van der Waals surface area contributed by atoms with Gasteiger partial charge in [0.05, 0.1) is 0 Å². The summed E-state index contributed by atoms with van der Waals surface area (Å²) in [5.74, 6) is 1.02. The molecular weight excluding hydrogens is 174 g/mol. The quantitative estimate of drug-likeness (QED) is 0.794. The molecule has 14 heavy (non-hydrogen) atoms. The Balaban J connectivity index is 2.04. The molecule has 0 saturated carbocycles. The van der Waals surface area contributed by atoms with E-state index in [1.54, 1.807) is 0 Å². The zero-order valence-electron chi connectivity index (χ0n) is 8.57. The Morgan fingerprint density at radius 2 is 2.29 bits per heavy atom. The molecule has 2 heteroatoms. The first-order valence-corrected chi connectivity index (χ1v) is 5.31. The van der Waals surface area contributed by atoms with E-state index in [1.165, 1.54) is 5.56 Å². The van der Waals surface area contributed by atoms with Crippen molar-refractivity contribution in [1.29, 1.82) is 0 Å². The third kappa shape index (κ3) is 1.75. The van der Waals surface area contributed by atoms with Crippen LogP contribution in [0.3, 0.4) is 0 Å². The van der Waals surface area contributed by atoms with Gasteiger partial charge in [0.2, 0.25) is 0 Å². The molecule has 0 radical (unpaired) electrons. The van der Waals surface area contributed by atoms with Gasteiger partial charge in [0.1, 0.15) is 11.9 Å². The maximum absolute atomic E-state index is 6.04. The minimum absolute atomic E-state index is 0.174. The van der Waals surface area contributed by atoms with Crippen molar-refractivity contribution in [2.24, 2.45) is 5.73 Å². The molecule has 0 spiro atoms. The molecule has 2 N–H and O–H groups in total. The highest BCUT2D eigenvalue weighted by atomic mass is 16.5. The summed E-state index contributed by atoms with van der Waals surface area (Å²) in [6.07, 6.45) is 3.32. The van der Waals surface area contributed by atoms with Crippen LogP contribution in [0.15, 0.2) is 24.3 Å². The first kappa shape index (κ1) is 9.53. The Kier molecular flexibility index (Phi) is 2.73. The minimum Gasteiger partial charge on any atom is -0.488 e. The third-order valence-corrected chi connectivity index (χ3v) is 2.77. The number of nitrogens with two attached hydrogens (primary N) is 1. The fraction of sp³-hybridized carbons (Fsp3) is 0.500. The van der Waals surface area contributed by atoms with Gasteiger partial charge in [-0.2, -0.15) is 0 Å². The average Bonchev–Trinajstić information content (AvgIpc) is 2.61. The van der Waals surface area contributed by atoms with Crippen LogP contribution in [0.25, 0.3) is 0 Å². The summed E-state index contributed by atoms with van der Waals surface area (Å²) in [7, 11) is 0. The summed E-state index contributed by atoms with van der Waals surface area (Å²) in [5, 5.41) is 0. The van der Waals surface area contributed by atoms with Gasteiger partial charge in [0.25, 0.3) is 0 Å². The Hall–Kier alpha value is -1.02. The highest BCUT2D eigenvalue weighted by molar-refractivity contribution is 5.37. The second-order valence-corrected chi connectivity index (χ2v) is 3.92. The number of para-hydroxylation sites is 1. The molecule has 2 rings (SSSR count). The number of benzene rings is 1. The van der Waals surface area contributed by atoms with Gasteiger partial charge in [-0.3, -0.25) is 0 Å². The van der Waals surface area contributed by atoms with E-state index in [0.717, 1.165) is 25.0 Å². The lowest BCUT2D eigenvalue weighted by molar-refractivity contribution is 0.193. The van der Waals surface area contributed by atoms with Gasteiger partial charge in [-0.15, -0.1) is 0 Å². The van der Waals surface area contributed by atoms with E-state index in [0.29, 0.717) is 0 Å². The number of hydrogen-bond acceptors (Lipinski definition) is 2. The lowest BCUT2D eigenvalue weighted by Crippen LogP contribution is -2.37. The van der Waals surface area contributed by atoms with E-state index in [-0.39, 0.29) is 12.1 Å². The molecule has 1 heterocycles. The van der Waals surface area contributed by atoms with Crippen LogP contribution in [0.2, 0.25) is 0 Å². The Morgan fingerprint density at radius 1 is 1.50 bits per heavy atom. The number of ether oxygens (including phenoxy) is 1. The highest BCUT2D eigenvalue weighted by Gasteiger charge is 2.26. The van der Waals surface area contributed by atoms with E-state index >= 15 is 0 Å². The molecule has 0 aromatic heterocycles. The summed E-state index contributed by atoms with van der Waals surface area (Å²) < 4.78 is 5.80. The van der Waals surface area contributed by atoms with Gasteiger partial charge in [-0.1, -0.05) is 31.5 Å². The molecule has 2 atom stereocenters. The second kappa shape index (κ2) is 4.01. The second-order valence-electron chi connectivity index (χ2n) is 3.92. The van der Waals surface area contributed by atoms with Crippen molar-refractivity contribution in [3.05, 3.63) is 29.8 Å². The summed E-state index contributed by atoms with van der Waals surface area (Å²) in [4.78, 5) is 0. The SMILES string of the molecule is CCC[C@H](N)C1Cc2ccccc2O1. The third-order valence-electron chi connectivity index (χ3n) is 2.77. The average molecular weight is 191 g/mol. The Labute approximate surface area is 85.1 Å². The molecule has 0 aliphatic carbocycles. The zero-order chi connectivity index (χ0) is 9.97. The van der Waals surface area contributed by atoms with Crippen LogP contribution in [0.5, 0.6) is 5.75 Å². The van der Waals surface area contributed by atoms with E-state index in [2.05, 4.69) is 19.1 Å². The van der Waals surface area contributed by atoms with Crippen LogP contribution >= 0.6 is 0 Å². The molecule has 0 bridgehead atoms. The van der Waals surface area contributed by atoms with Gasteiger partial charge >= 0.3 is 0 Å². The topological polar surface area (TPSA) is 35.2 Å². The summed E-state index contributed by atoms with van der Waals surface area (Å²) in [6, 6.07) is 8.37. The van der Waals surface area contributed by atoms with E-state index in [9.17, 15) is 0 Å². The molecule has 1 aliphatic rings. The molecule has 0 saturated heterocycles. The molecule has 1 aromatic carbocycles. The van der Waals surface area contributed by atoms with Crippen molar-refractivity contribution in [2.45, 2.75) is 38.3 Å². The summed E-state index contributed by atoms with van der Waals surface area (Å²) >= 11 is 0. The van der Waals surface area contributed by atoms with Crippen molar-refractivity contribution in [3.8, 4) is 5.75 Å². The predicted molar refractivity (Wildman–Crippen MR) is 57.4 cm³/mol. The molecule has 0 amide bonds. The van der Waals surface area contributed by atoms with Crippen LogP contribution in [0.1, 0.15) is 25.3 Å². The van der Waals surface area contributed by atoms with Crippen molar-refractivity contribution in [1.82, 2.24) is 0 Å². The number of rotatable bonds is 3. The maximum atomic E-state index is 6.04. The Morgan fingerprint density at radius 3 is 3.00 bits per heavy atom. The normalized spacial score (nSPS) is 21.4. The monoisotopic (exact) mass is 191 g/mol. The summed E-state index contributed by atoms with van der Waals surface area (Å²) in [6.45, 7) is 2.15. The molecule has 1 aliphatic heterocycles. The first-order chi connectivity index (χ1) is 6.81. The van der Waals surface area contributed by atoms with Crippen molar-refractivity contribution in [2.75, 3.05) is 0 Å². The fourth-order valence-corrected chi connectivity index (χ4v) is 1.97. The Bertz CT molecular complexity index is 286. The van der Waals surface area contributed by atoms with Gasteiger partial charge in [0, 0.05) is 12.5 Å². The maximum Gasteiger partial charge on any atom is 0.123 e. The van der Waals surface area contributed by atoms with Crippen LogP contribution in [0.4, 0.5) is 0 Å². The lowest BCUT2D eigenvalue weighted by Gasteiger charge is -2.18. The van der Waals surface area contributed by atoms with E-state index in [4.69, 9.17) is 10.5 Å². The molecule has 2 nitrogen and oxygen atoms in total. The van der Waals surface area contributed by atoms with Crippen molar-refractivity contribution >= 4 is 0 Å². The smallest absolute Gasteiger partial charge is 0.123 e. The highest BCUT2D eigenvalue weighted by Crippen LogP contribution is 2.29. The molecule has 1 unspecified atom stereocenters. The van der Waals surface area contributed by atoms with Gasteiger partial charge in [-0.05, 0) is 18.1 Å². The van der Waals surface area contributed by atoms with E-state index in [1.807, 2.05) is 12.1 Å². The standard InChI is InChI=1S/C12H17NO/c1-2-5-10(13)12-8-9-6-3-4-7-11(9)14-12/h3-4,6-7,10,12H,2,5,8,13H2,1H3/t10-,12?/m0/s1. The van der Waals surface area contributed by atoms with Gasteiger partial charge < -0.3 is 10.5 Å². The van der Waals surface area contributed by atoms with E-state index < -0.39 is 0 Å². The number of hydrogen-bond donors (Lipinski definition) is 1. The predicted octanol–water partition coefficient (Wildman–Crippen LogP) is 2.12. The minimum atomic E-state index is 0.174. The van der Waals surface area contributed by atoms with Crippen LogP contribution in [0, 0.1) is 0 Å². The van der Waals surface area contributed by atoms with Gasteiger partial charge in [0.15, 0.2) is 0 Å². The molecule has 76 valence electrons. The van der Waals surface area contributed by atoms with Gasteiger partial charge in [-0.25, -0.2) is 0 Å².